The van der Waals surface area contributed by atoms with E-state index in [0.717, 1.165) is 12.1 Å². The Kier molecular flexibility index (Phi) is 10.2. The first-order valence-electron chi connectivity index (χ1n) is 4.00. The molecule has 0 aromatic heterocycles. The minimum absolute atomic E-state index is 0. The molecule has 78 valence electrons. The van der Waals surface area contributed by atoms with E-state index < -0.39 is 21.2 Å². The van der Waals surface area contributed by atoms with Crippen molar-refractivity contribution in [2.45, 2.75) is 13.8 Å². The first-order chi connectivity index (χ1) is 6.63. The van der Waals surface area contributed by atoms with Crippen molar-refractivity contribution in [2.24, 2.45) is 0 Å². The maximum Gasteiger partial charge on any atom is 1.00 e. The summed E-state index contributed by atoms with van der Waals surface area (Å²) >= 11 is 0. The molecule has 0 amide bonds. The number of hydrogen-bond donors (Lipinski definition) is 0. The van der Waals surface area contributed by atoms with E-state index in [1.54, 1.807) is 0 Å². The Hall–Kier alpha value is -0.344. The van der Waals surface area contributed by atoms with Crippen LogP contribution in [-0.2, 0) is 0 Å². The molecule has 0 heterocycles. The van der Waals surface area contributed by atoms with E-state index in [2.05, 4.69) is 0 Å². The Labute approximate surface area is 131 Å². The number of para-hydroxylation sites is 2. The van der Waals surface area contributed by atoms with Gasteiger partial charge < -0.3 is 1.43 Å². The van der Waals surface area contributed by atoms with Crippen molar-refractivity contribution in [3.8, 4) is 0 Å². The van der Waals surface area contributed by atoms with E-state index >= 15 is 0 Å². The topological polar surface area (TPSA) is 86.3 Å². The molecule has 0 aliphatic rings. The predicted molar refractivity (Wildman–Crippen MR) is 52.2 cm³/mol. The van der Waals surface area contributed by atoms with Gasteiger partial charge in [-0.25, -0.2) is 0 Å². The van der Waals surface area contributed by atoms with Crippen molar-refractivity contribution in [1.29, 1.82) is 0 Å². The smallest absolute Gasteiger partial charge is 1.00 e. The van der Waals surface area contributed by atoms with Crippen molar-refractivity contribution < 1.29 is 62.7 Å². The molecule has 0 saturated carbocycles. The number of benzene rings is 1. The van der Waals surface area contributed by atoms with Gasteiger partial charge in [0.2, 0.25) is 0 Å². The van der Waals surface area contributed by atoms with Gasteiger partial charge in [0, 0.05) is 12.1 Å². The third-order valence-corrected chi connectivity index (χ3v) is 1.28. The van der Waals surface area contributed by atoms with Crippen LogP contribution in [0.15, 0.2) is 24.3 Å². The molecule has 6 nitrogen and oxygen atoms in total. The maximum absolute atomic E-state index is 10.2. The Morgan fingerprint density at radius 1 is 1.00 bits per heavy atom. The molecule has 0 bridgehead atoms. The summed E-state index contributed by atoms with van der Waals surface area (Å²) in [5.74, 6) is 0. The predicted octanol–water partition coefficient (Wildman–Crippen LogP) is -0.354. The van der Waals surface area contributed by atoms with Gasteiger partial charge in [-0.1, -0.05) is 26.0 Å². The second-order valence-electron chi connectivity index (χ2n) is 2.00. The second kappa shape index (κ2) is 8.92. The Morgan fingerprint density at radius 3 is 1.47 bits per heavy atom. The molecule has 15 heavy (non-hydrogen) atoms. The molecular weight excluding hydrogens is 227 g/mol. The number of hydrogen-bond acceptors (Lipinski definition) is 4. The zero-order chi connectivity index (χ0) is 11.1. The van der Waals surface area contributed by atoms with Crippen molar-refractivity contribution >= 4 is 11.4 Å². The van der Waals surface area contributed by atoms with Gasteiger partial charge in [-0.2, -0.15) is 0 Å². The zero-order valence-corrected chi connectivity index (χ0v) is 12.0. The molecule has 0 N–H and O–H groups in total. The zero-order valence-electron chi connectivity index (χ0n) is 9.84. The van der Waals surface area contributed by atoms with Crippen LogP contribution in [0, 0.1) is 20.2 Å². The van der Waals surface area contributed by atoms with Crippen molar-refractivity contribution in [2.75, 3.05) is 0 Å². The normalized spacial score (nSPS) is 7.87. The molecule has 0 aliphatic heterocycles. The van der Waals surface area contributed by atoms with Gasteiger partial charge in [0.25, 0.3) is 0 Å². The van der Waals surface area contributed by atoms with Crippen LogP contribution in [0.25, 0.3) is 0 Å². The van der Waals surface area contributed by atoms with Gasteiger partial charge >= 0.3 is 62.8 Å². The van der Waals surface area contributed by atoms with Gasteiger partial charge in [-0.05, 0) is 0 Å². The second-order valence-corrected chi connectivity index (χ2v) is 2.00. The Morgan fingerprint density at radius 2 is 1.27 bits per heavy atom. The minimum atomic E-state index is -0.780. The Balaban J connectivity index is -0.000000399. The van der Waals surface area contributed by atoms with Gasteiger partial charge in [0.05, 0.1) is 9.85 Å². The minimum Gasteiger partial charge on any atom is -1.00 e. The standard InChI is InChI=1S/C6H4N2O4.C2H6.K.H/c9-7(10)5-3-1-2-4-6(5)8(11)12;1-2;;/h1-4H;1-2H3;;/q;;+1;-1. The fourth-order valence-corrected chi connectivity index (χ4v) is 0.773. The quantitative estimate of drug-likeness (QED) is 0.400. The van der Waals surface area contributed by atoms with Crippen LogP contribution < -0.4 is 51.4 Å². The van der Waals surface area contributed by atoms with Gasteiger partial charge in [-0.3, -0.25) is 20.2 Å². The average molecular weight is 238 g/mol. The SMILES string of the molecule is CC.O=[N+]([O-])c1ccccc1[N+](=O)[O-].[H-].[K+]. The van der Waals surface area contributed by atoms with Gasteiger partial charge in [0.15, 0.2) is 0 Å². The van der Waals surface area contributed by atoms with Gasteiger partial charge in [0.1, 0.15) is 0 Å². The van der Waals surface area contributed by atoms with Crippen molar-refractivity contribution in [3.05, 3.63) is 44.5 Å². The number of nitro groups is 2. The molecule has 0 fully saturated rings. The van der Waals surface area contributed by atoms with E-state index in [0.29, 0.717) is 0 Å². The van der Waals surface area contributed by atoms with Crippen LogP contribution in [0.5, 0.6) is 0 Å². The van der Waals surface area contributed by atoms with Crippen LogP contribution in [0.2, 0.25) is 0 Å². The Bertz CT molecular complexity index is 316. The number of rotatable bonds is 2. The molecule has 0 spiro atoms. The van der Waals surface area contributed by atoms with E-state index in [4.69, 9.17) is 0 Å². The molecule has 0 saturated heterocycles. The summed E-state index contributed by atoms with van der Waals surface area (Å²) < 4.78 is 0. The monoisotopic (exact) mass is 238 g/mol. The molecule has 0 unspecified atom stereocenters. The van der Waals surface area contributed by atoms with Crippen LogP contribution in [0.4, 0.5) is 11.4 Å². The van der Waals surface area contributed by atoms with E-state index in [1.165, 1.54) is 12.1 Å². The fraction of sp³-hybridized carbons (Fsp3) is 0.250. The largest absolute Gasteiger partial charge is 1.00 e. The summed E-state index contributed by atoms with van der Waals surface area (Å²) in [7, 11) is 0. The van der Waals surface area contributed by atoms with Crippen molar-refractivity contribution in [1.82, 2.24) is 0 Å². The molecular formula is C8H11KN2O4. The van der Waals surface area contributed by atoms with Crippen molar-refractivity contribution in [3.63, 3.8) is 0 Å². The first-order valence-corrected chi connectivity index (χ1v) is 4.00. The molecule has 0 atom stereocenters. The van der Waals surface area contributed by atoms with Gasteiger partial charge in [-0.15, -0.1) is 0 Å². The number of nitro benzene ring substituents is 2. The summed E-state index contributed by atoms with van der Waals surface area (Å²) in [5, 5.41) is 20.5. The van der Waals surface area contributed by atoms with Crippen LogP contribution in [0.1, 0.15) is 15.3 Å². The molecule has 0 radical (unpaired) electrons. The molecule has 7 heteroatoms. The average Bonchev–Trinajstić information content (AvgIpc) is 2.20. The summed E-state index contributed by atoms with van der Waals surface area (Å²) in [6.07, 6.45) is 0. The summed E-state index contributed by atoms with van der Waals surface area (Å²) in [5.41, 5.74) is -0.968. The third kappa shape index (κ3) is 5.33. The van der Waals surface area contributed by atoms with Crippen LogP contribution >= 0.6 is 0 Å². The van der Waals surface area contributed by atoms with E-state index in [9.17, 15) is 20.2 Å². The number of nitrogens with zero attached hydrogens (tertiary/aromatic N) is 2. The molecule has 0 aliphatic carbocycles. The first kappa shape index (κ1) is 17.1. The maximum atomic E-state index is 10.2. The third-order valence-electron chi connectivity index (χ3n) is 1.28. The van der Waals surface area contributed by atoms with Crippen LogP contribution in [0.3, 0.4) is 0 Å². The molecule has 1 aromatic rings. The molecule has 1 rings (SSSR count). The van der Waals surface area contributed by atoms with E-state index in [1.807, 2.05) is 13.8 Å². The molecule has 1 aromatic carbocycles. The summed E-state index contributed by atoms with van der Waals surface area (Å²) in [4.78, 5) is 18.9. The van der Waals surface area contributed by atoms with Crippen LogP contribution in [-0.4, -0.2) is 9.85 Å². The summed E-state index contributed by atoms with van der Waals surface area (Å²) in [6, 6.07) is 4.95. The summed E-state index contributed by atoms with van der Waals surface area (Å²) in [6.45, 7) is 4.00. The fourth-order valence-electron chi connectivity index (χ4n) is 0.773. The van der Waals surface area contributed by atoms with E-state index in [-0.39, 0.29) is 52.8 Å².